The Labute approximate surface area is 117 Å². The Balaban J connectivity index is 1.43. The van der Waals surface area contributed by atoms with Gasteiger partial charge in [-0.15, -0.1) is 0 Å². The van der Waals surface area contributed by atoms with Gasteiger partial charge in [0.15, 0.2) is 0 Å². The average molecular weight is 267 g/mol. The van der Waals surface area contributed by atoms with Crippen molar-refractivity contribution in [2.24, 2.45) is 5.41 Å². The summed E-state index contributed by atoms with van der Waals surface area (Å²) in [5.74, 6) is 0. The Morgan fingerprint density at radius 2 is 1.61 bits per heavy atom. The zero-order chi connectivity index (χ0) is 12.5. The second kappa shape index (κ2) is 5.36. The topological polar surface area (TPSA) is 12.0 Å². The molecule has 0 aromatic rings. The Morgan fingerprint density at radius 3 is 2.11 bits per heavy atom. The van der Waals surface area contributed by atoms with Gasteiger partial charge in [-0.1, -0.05) is 19.3 Å². The lowest BCUT2D eigenvalue weighted by Gasteiger charge is -2.43. The van der Waals surface area contributed by atoms with Crippen LogP contribution in [0.25, 0.3) is 0 Å². The van der Waals surface area contributed by atoms with Crippen molar-refractivity contribution >= 4 is 11.8 Å². The largest absolute Gasteiger partial charge is 0.313 e. The summed E-state index contributed by atoms with van der Waals surface area (Å²) in [4.78, 5) is 0. The number of rotatable bonds is 4. The second-order valence-electron chi connectivity index (χ2n) is 7.10. The molecular weight excluding hydrogens is 238 g/mol. The molecule has 0 saturated heterocycles. The van der Waals surface area contributed by atoms with Crippen LogP contribution in [0.4, 0.5) is 0 Å². The Bertz CT molecular complexity index is 263. The van der Waals surface area contributed by atoms with Crippen molar-refractivity contribution in [3.63, 3.8) is 0 Å². The van der Waals surface area contributed by atoms with Gasteiger partial charge < -0.3 is 5.32 Å². The number of hydrogen-bond acceptors (Lipinski definition) is 2. The summed E-state index contributed by atoms with van der Waals surface area (Å²) in [7, 11) is 0. The smallest absolute Gasteiger partial charge is 0.0281 e. The first-order chi connectivity index (χ1) is 8.76. The highest BCUT2D eigenvalue weighted by Crippen LogP contribution is 2.49. The van der Waals surface area contributed by atoms with Crippen LogP contribution in [0, 0.1) is 5.41 Å². The fourth-order valence-corrected chi connectivity index (χ4v) is 5.34. The van der Waals surface area contributed by atoms with Gasteiger partial charge >= 0.3 is 0 Å². The van der Waals surface area contributed by atoms with Gasteiger partial charge in [0.2, 0.25) is 0 Å². The third kappa shape index (κ3) is 2.60. The molecule has 3 rings (SSSR count). The van der Waals surface area contributed by atoms with Gasteiger partial charge in [-0.05, 0) is 63.0 Å². The predicted molar refractivity (Wildman–Crippen MR) is 81.3 cm³/mol. The number of nitrogens with one attached hydrogen (secondary N) is 1. The molecule has 18 heavy (non-hydrogen) atoms. The predicted octanol–water partition coefficient (Wildman–Crippen LogP) is 4.36. The van der Waals surface area contributed by atoms with Gasteiger partial charge in [-0.3, -0.25) is 0 Å². The van der Waals surface area contributed by atoms with E-state index in [1.165, 1.54) is 77.2 Å². The molecule has 3 aliphatic carbocycles. The highest BCUT2D eigenvalue weighted by atomic mass is 32.2. The number of thioether (sulfide) groups is 1. The molecule has 0 aliphatic heterocycles. The van der Waals surface area contributed by atoms with Gasteiger partial charge in [0.05, 0.1) is 0 Å². The van der Waals surface area contributed by atoms with Gasteiger partial charge in [-0.25, -0.2) is 0 Å². The minimum Gasteiger partial charge on any atom is -0.313 e. The normalized spacial score (nSPS) is 30.5. The third-order valence-corrected chi connectivity index (χ3v) is 7.54. The first-order valence-electron chi connectivity index (χ1n) is 8.05. The minimum absolute atomic E-state index is 0.614. The van der Waals surface area contributed by atoms with Crippen LogP contribution in [0.3, 0.4) is 0 Å². The fourth-order valence-electron chi connectivity index (χ4n) is 4.41. The number of hydrogen-bond donors (Lipinski definition) is 1. The summed E-state index contributed by atoms with van der Waals surface area (Å²) in [6, 6.07) is 0.834. The zero-order valence-electron chi connectivity index (χ0n) is 12.0. The zero-order valence-corrected chi connectivity index (χ0v) is 12.8. The van der Waals surface area contributed by atoms with Crippen LogP contribution in [-0.2, 0) is 0 Å². The third-order valence-electron chi connectivity index (χ3n) is 6.12. The molecule has 3 saturated carbocycles. The van der Waals surface area contributed by atoms with Crippen LogP contribution in [0.1, 0.15) is 70.6 Å². The van der Waals surface area contributed by atoms with Gasteiger partial charge in [0.1, 0.15) is 0 Å². The Morgan fingerprint density at radius 1 is 0.944 bits per heavy atom. The van der Waals surface area contributed by atoms with E-state index in [0.29, 0.717) is 4.75 Å². The molecule has 0 heterocycles. The Hall–Kier alpha value is 0.310. The van der Waals surface area contributed by atoms with Crippen molar-refractivity contribution in [3.8, 4) is 0 Å². The first-order valence-corrected chi connectivity index (χ1v) is 9.27. The summed E-state index contributed by atoms with van der Waals surface area (Å²) in [6.07, 6.45) is 18.6. The summed E-state index contributed by atoms with van der Waals surface area (Å²) in [5.41, 5.74) is 0.797. The minimum atomic E-state index is 0.614. The molecule has 0 bridgehead atoms. The van der Waals surface area contributed by atoms with E-state index in [1.54, 1.807) is 0 Å². The van der Waals surface area contributed by atoms with Crippen LogP contribution in [0.15, 0.2) is 0 Å². The molecule has 0 amide bonds. The molecule has 0 radical (unpaired) electrons. The second-order valence-corrected chi connectivity index (χ2v) is 8.38. The molecular formula is C16H29NS. The molecule has 3 aliphatic rings. The summed E-state index contributed by atoms with van der Waals surface area (Å²) in [6.45, 7) is 1.27. The lowest BCUT2D eigenvalue weighted by atomic mass is 9.71. The van der Waals surface area contributed by atoms with Crippen molar-refractivity contribution in [1.82, 2.24) is 5.32 Å². The van der Waals surface area contributed by atoms with Gasteiger partial charge in [0, 0.05) is 17.3 Å². The van der Waals surface area contributed by atoms with Crippen molar-refractivity contribution in [2.75, 3.05) is 12.8 Å². The molecule has 1 nitrogen and oxygen atoms in total. The summed E-state index contributed by atoms with van der Waals surface area (Å²) < 4.78 is 0.614. The SMILES string of the molecule is CSC1(CNC2CCC3(CCCC3)CC2)CCC1. The molecule has 3 fully saturated rings. The molecule has 1 N–H and O–H groups in total. The lowest BCUT2D eigenvalue weighted by molar-refractivity contribution is 0.164. The van der Waals surface area contributed by atoms with E-state index in [2.05, 4.69) is 23.3 Å². The molecule has 1 spiro atoms. The molecule has 104 valence electrons. The van der Waals surface area contributed by atoms with Crippen LogP contribution < -0.4 is 5.32 Å². The maximum Gasteiger partial charge on any atom is 0.0281 e. The molecule has 0 aromatic heterocycles. The van der Waals surface area contributed by atoms with E-state index in [0.717, 1.165) is 11.5 Å². The van der Waals surface area contributed by atoms with Crippen LogP contribution >= 0.6 is 11.8 Å². The Kier molecular flexibility index (Phi) is 3.96. The van der Waals surface area contributed by atoms with Crippen molar-refractivity contribution < 1.29 is 0 Å². The van der Waals surface area contributed by atoms with E-state index in [9.17, 15) is 0 Å². The maximum atomic E-state index is 3.90. The summed E-state index contributed by atoms with van der Waals surface area (Å²) in [5, 5.41) is 3.90. The van der Waals surface area contributed by atoms with Crippen LogP contribution in [0.2, 0.25) is 0 Å². The highest BCUT2D eigenvalue weighted by molar-refractivity contribution is 8.00. The van der Waals surface area contributed by atoms with Gasteiger partial charge in [-0.2, -0.15) is 11.8 Å². The lowest BCUT2D eigenvalue weighted by Crippen LogP contribution is -2.48. The van der Waals surface area contributed by atoms with Crippen molar-refractivity contribution in [2.45, 2.75) is 81.4 Å². The first kappa shape index (κ1) is 13.3. The highest BCUT2D eigenvalue weighted by Gasteiger charge is 2.39. The van der Waals surface area contributed by atoms with Crippen LogP contribution in [-0.4, -0.2) is 23.6 Å². The standard InChI is InChI=1S/C16H29NS/c1-18-16(9-4-10-16)13-17-14-5-11-15(12-6-14)7-2-3-8-15/h14,17H,2-13H2,1H3. The monoisotopic (exact) mass is 267 g/mol. The van der Waals surface area contributed by atoms with Gasteiger partial charge in [0.25, 0.3) is 0 Å². The van der Waals surface area contributed by atoms with Crippen molar-refractivity contribution in [3.05, 3.63) is 0 Å². The average Bonchev–Trinajstić information content (AvgIpc) is 2.80. The van der Waals surface area contributed by atoms with E-state index in [1.807, 2.05) is 0 Å². The quantitative estimate of drug-likeness (QED) is 0.812. The van der Waals surface area contributed by atoms with E-state index < -0.39 is 0 Å². The van der Waals surface area contributed by atoms with E-state index in [4.69, 9.17) is 0 Å². The molecule has 0 unspecified atom stereocenters. The van der Waals surface area contributed by atoms with E-state index in [-0.39, 0.29) is 0 Å². The van der Waals surface area contributed by atoms with Crippen molar-refractivity contribution in [1.29, 1.82) is 0 Å². The maximum absolute atomic E-state index is 3.90. The molecule has 0 aromatic carbocycles. The molecule has 2 heteroatoms. The fraction of sp³-hybridized carbons (Fsp3) is 1.00. The van der Waals surface area contributed by atoms with Crippen LogP contribution in [0.5, 0.6) is 0 Å². The van der Waals surface area contributed by atoms with E-state index >= 15 is 0 Å². The molecule has 0 atom stereocenters. The summed E-state index contributed by atoms with van der Waals surface area (Å²) >= 11 is 2.10.